The molecule has 2 N–H and O–H groups in total. The maximum atomic E-state index is 8.86. The summed E-state index contributed by atoms with van der Waals surface area (Å²) in [7, 11) is 0. The molecule has 74 valence electrons. The predicted molar refractivity (Wildman–Crippen MR) is 53.2 cm³/mol. The van der Waals surface area contributed by atoms with Crippen molar-refractivity contribution in [1.82, 2.24) is 5.32 Å². The normalized spacial score (nSPS) is 13.8. The Balaban J connectivity index is 3.86. The van der Waals surface area contributed by atoms with Crippen molar-refractivity contribution in [2.45, 2.75) is 46.1 Å². The SMILES string of the molecule is CCNC(CCO)C(CC)CC. The average Bonchev–Trinajstić information content (AvgIpc) is 2.07. The van der Waals surface area contributed by atoms with Gasteiger partial charge in [0, 0.05) is 12.6 Å². The van der Waals surface area contributed by atoms with Crippen LogP contribution in [-0.2, 0) is 0 Å². The van der Waals surface area contributed by atoms with Gasteiger partial charge in [-0.05, 0) is 18.9 Å². The van der Waals surface area contributed by atoms with E-state index in [1.807, 2.05) is 0 Å². The van der Waals surface area contributed by atoms with Crippen LogP contribution in [0.1, 0.15) is 40.0 Å². The van der Waals surface area contributed by atoms with Crippen molar-refractivity contribution >= 4 is 0 Å². The van der Waals surface area contributed by atoms with E-state index in [-0.39, 0.29) is 0 Å². The van der Waals surface area contributed by atoms with Crippen LogP contribution in [0.5, 0.6) is 0 Å². The molecule has 0 rings (SSSR count). The van der Waals surface area contributed by atoms with Crippen molar-refractivity contribution in [3.05, 3.63) is 0 Å². The lowest BCUT2D eigenvalue weighted by Gasteiger charge is -2.25. The zero-order valence-corrected chi connectivity index (χ0v) is 8.64. The maximum absolute atomic E-state index is 8.86. The van der Waals surface area contributed by atoms with Gasteiger partial charge < -0.3 is 10.4 Å². The molecule has 0 fully saturated rings. The highest BCUT2D eigenvalue weighted by Gasteiger charge is 2.15. The maximum Gasteiger partial charge on any atom is 0.0445 e. The highest BCUT2D eigenvalue weighted by molar-refractivity contribution is 4.73. The van der Waals surface area contributed by atoms with E-state index in [2.05, 4.69) is 26.1 Å². The molecule has 2 heteroatoms. The summed E-state index contributed by atoms with van der Waals surface area (Å²) in [6, 6.07) is 0.509. The van der Waals surface area contributed by atoms with Crippen molar-refractivity contribution in [2.75, 3.05) is 13.2 Å². The quantitative estimate of drug-likeness (QED) is 0.615. The molecule has 0 saturated heterocycles. The van der Waals surface area contributed by atoms with E-state index in [1.165, 1.54) is 12.8 Å². The topological polar surface area (TPSA) is 32.3 Å². The van der Waals surface area contributed by atoms with Gasteiger partial charge in [-0.3, -0.25) is 0 Å². The van der Waals surface area contributed by atoms with Gasteiger partial charge in [0.2, 0.25) is 0 Å². The minimum Gasteiger partial charge on any atom is -0.396 e. The Morgan fingerprint density at radius 2 is 1.75 bits per heavy atom. The third-order valence-electron chi connectivity index (χ3n) is 2.52. The Kier molecular flexibility index (Phi) is 7.51. The van der Waals surface area contributed by atoms with Crippen LogP contribution >= 0.6 is 0 Å². The molecule has 0 spiro atoms. The number of rotatable bonds is 7. The molecule has 0 aromatic carbocycles. The third kappa shape index (κ3) is 4.07. The molecule has 12 heavy (non-hydrogen) atoms. The van der Waals surface area contributed by atoms with Gasteiger partial charge >= 0.3 is 0 Å². The van der Waals surface area contributed by atoms with Gasteiger partial charge in [-0.25, -0.2) is 0 Å². The zero-order valence-electron chi connectivity index (χ0n) is 8.64. The number of aliphatic hydroxyl groups is 1. The summed E-state index contributed by atoms with van der Waals surface area (Å²) in [5, 5.41) is 12.3. The van der Waals surface area contributed by atoms with Crippen LogP contribution in [0, 0.1) is 5.92 Å². The van der Waals surface area contributed by atoms with Gasteiger partial charge in [0.15, 0.2) is 0 Å². The van der Waals surface area contributed by atoms with Crippen molar-refractivity contribution in [1.29, 1.82) is 0 Å². The number of hydrogen-bond acceptors (Lipinski definition) is 2. The first-order valence-corrected chi connectivity index (χ1v) is 5.14. The first kappa shape index (κ1) is 11.9. The second-order valence-electron chi connectivity index (χ2n) is 3.25. The fourth-order valence-electron chi connectivity index (χ4n) is 1.76. The Bertz CT molecular complexity index is 85.8. The second kappa shape index (κ2) is 7.56. The molecule has 0 amide bonds. The lowest BCUT2D eigenvalue weighted by molar-refractivity contribution is 0.230. The lowest BCUT2D eigenvalue weighted by Crippen LogP contribution is -2.36. The summed E-state index contributed by atoms with van der Waals surface area (Å²) in [6.07, 6.45) is 3.29. The minimum atomic E-state index is 0.300. The highest BCUT2D eigenvalue weighted by Crippen LogP contribution is 2.15. The predicted octanol–water partition coefficient (Wildman–Crippen LogP) is 1.78. The molecular formula is C10H23NO. The van der Waals surface area contributed by atoms with Crippen LogP contribution in [0.15, 0.2) is 0 Å². The summed E-state index contributed by atoms with van der Waals surface area (Å²) >= 11 is 0. The average molecular weight is 173 g/mol. The first-order valence-electron chi connectivity index (χ1n) is 5.14. The fraction of sp³-hybridized carbons (Fsp3) is 1.00. The van der Waals surface area contributed by atoms with Gasteiger partial charge in [0.1, 0.15) is 0 Å². The van der Waals surface area contributed by atoms with Crippen LogP contribution in [-0.4, -0.2) is 24.3 Å². The van der Waals surface area contributed by atoms with E-state index in [0.29, 0.717) is 12.6 Å². The van der Waals surface area contributed by atoms with E-state index >= 15 is 0 Å². The van der Waals surface area contributed by atoms with Gasteiger partial charge in [-0.2, -0.15) is 0 Å². The Morgan fingerprint density at radius 3 is 2.08 bits per heavy atom. The van der Waals surface area contributed by atoms with Crippen LogP contribution < -0.4 is 5.32 Å². The third-order valence-corrected chi connectivity index (χ3v) is 2.52. The van der Waals surface area contributed by atoms with Crippen molar-refractivity contribution in [2.24, 2.45) is 5.92 Å². The largest absolute Gasteiger partial charge is 0.396 e. The van der Waals surface area contributed by atoms with Crippen molar-refractivity contribution in [3.63, 3.8) is 0 Å². The van der Waals surface area contributed by atoms with Gasteiger partial charge in [0.05, 0.1) is 0 Å². The monoisotopic (exact) mass is 173 g/mol. The van der Waals surface area contributed by atoms with Crippen molar-refractivity contribution in [3.8, 4) is 0 Å². The molecule has 1 unspecified atom stereocenters. The number of aliphatic hydroxyl groups excluding tert-OH is 1. The van der Waals surface area contributed by atoms with Crippen molar-refractivity contribution < 1.29 is 5.11 Å². The zero-order chi connectivity index (χ0) is 9.40. The Hall–Kier alpha value is -0.0800. The Labute approximate surface area is 76.4 Å². The summed E-state index contributed by atoms with van der Waals surface area (Å²) in [6.45, 7) is 7.86. The number of nitrogens with one attached hydrogen (secondary N) is 1. The van der Waals surface area contributed by atoms with Gasteiger partial charge in [0.25, 0.3) is 0 Å². The molecule has 0 aromatic heterocycles. The van der Waals surface area contributed by atoms with E-state index in [0.717, 1.165) is 18.9 Å². The molecule has 1 atom stereocenters. The summed E-state index contributed by atoms with van der Waals surface area (Å²) in [5.41, 5.74) is 0. The molecule has 0 saturated carbocycles. The molecule has 0 aliphatic rings. The molecule has 0 aromatic rings. The smallest absolute Gasteiger partial charge is 0.0445 e. The summed E-state index contributed by atoms with van der Waals surface area (Å²) in [5.74, 6) is 0.720. The fourth-order valence-corrected chi connectivity index (χ4v) is 1.76. The Morgan fingerprint density at radius 1 is 1.17 bits per heavy atom. The highest BCUT2D eigenvalue weighted by atomic mass is 16.3. The molecule has 0 heterocycles. The van der Waals surface area contributed by atoms with E-state index in [1.54, 1.807) is 0 Å². The first-order chi connectivity index (χ1) is 5.79. The van der Waals surface area contributed by atoms with E-state index in [9.17, 15) is 0 Å². The summed E-state index contributed by atoms with van der Waals surface area (Å²) < 4.78 is 0. The molecule has 0 aliphatic carbocycles. The second-order valence-corrected chi connectivity index (χ2v) is 3.25. The summed E-state index contributed by atoms with van der Waals surface area (Å²) in [4.78, 5) is 0. The van der Waals surface area contributed by atoms with Crippen LogP contribution in [0.2, 0.25) is 0 Å². The lowest BCUT2D eigenvalue weighted by atomic mass is 9.92. The van der Waals surface area contributed by atoms with E-state index in [4.69, 9.17) is 5.11 Å². The number of hydrogen-bond donors (Lipinski definition) is 2. The molecular weight excluding hydrogens is 150 g/mol. The van der Waals surface area contributed by atoms with Crippen LogP contribution in [0.3, 0.4) is 0 Å². The molecule has 0 radical (unpaired) electrons. The molecule has 0 bridgehead atoms. The molecule has 0 aliphatic heterocycles. The molecule has 2 nitrogen and oxygen atoms in total. The van der Waals surface area contributed by atoms with Gasteiger partial charge in [-0.15, -0.1) is 0 Å². The minimum absolute atomic E-state index is 0.300. The van der Waals surface area contributed by atoms with Crippen LogP contribution in [0.25, 0.3) is 0 Å². The van der Waals surface area contributed by atoms with E-state index < -0.39 is 0 Å². The van der Waals surface area contributed by atoms with Crippen LogP contribution in [0.4, 0.5) is 0 Å². The standard InChI is InChI=1S/C10H23NO/c1-4-9(5-2)10(7-8-12)11-6-3/h9-12H,4-8H2,1-3H3. The van der Waals surface area contributed by atoms with Gasteiger partial charge in [-0.1, -0.05) is 33.6 Å².